The molecule has 0 saturated carbocycles. The van der Waals surface area contributed by atoms with Gasteiger partial charge in [0.25, 0.3) is 0 Å². The van der Waals surface area contributed by atoms with Crippen molar-refractivity contribution < 1.29 is 9.47 Å². The quantitative estimate of drug-likeness (QED) is 0.827. The first-order valence-electron chi connectivity index (χ1n) is 6.15. The van der Waals surface area contributed by atoms with Gasteiger partial charge in [-0.25, -0.2) is 0 Å². The molecule has 0 aliphatic rings. The molecule has 0 aliphatic heterocycles. The van der Waals surface area contributed by atoms with E-state index >= 15 is 0 Å². The average Bonchev–Trinajstić information content (AvgIpc) is 2.37. The SMILES string of the molecule is CCc1cc(OC)c(C[C@@H](N)CC)cc1OC. The van der Waals surface area contributed by atoms with Gasteiger partial charge in [-0.1, -0.05) is 13.8 Å². The van der Waals surface area contributed by atoms with E-state index in [0.717, 1.165) is 41.9 Å². The molecule has 1 rings (SSSR count). The van der Waals surface area contributed by atoms with Gasteiger partial charge in [0.05, 0.1) is 14.2 Å². The molecule has 0 unspecified atom stereocenters. The summed E-state index contributed by atoms with van der Waals surface area (Å²) in [5.41, 5.74) is 8.28. The highest BCUT2D eigenvalue weighted by atomic mass is 16.5. The van der Waals surface area contributed by atoms with Crippen LogP contribution in [0.4, 0.5) is 0 Å². The maximum Gasteiger partial charge on any atom is 0.122 e. The molecule has 0 amide bonds. The van der Waals surface area contributed by atoms with E-state index in [9.17, 15) is 0 Å². The minimum absolute atomic E-state index is 0.168. The van der Waals surface area contributed by atoms with Crippen molar-refractivity contribution in [2.45, 2.75) is 39.2 Å². The molecule has 2 N–H and O–H groups in total. The molecule has 17 heavy (non-hydrogen) atoms. The van der Waals surface area contributed by atoms with Gasteiger partial charge in [-0.2, -0.15) is 0 Å². The van der Waals surface area contributed by atoms with E-state index in [1.807, 2.05) is 6.07 Å². The molecule has 0 fully saturated rings. The fraction of sp³-hybridized carbons (Fsp3) is 0.571. The summed E-state index contributed by atoms with van der Waals surface area (Å²) in [5.74, 6) is 1.83. The van der Waals surface area contributed by atoms with Crippen LogP contribution >= 0.6 is 0 Å². The molecule has 3 heteroatoms. The van der Waals surface area contributed by atoms with Crippen LogP contribution in [0.1, 0.15) is 31.4 Å². The lowest BCUT2D eigenvalue weighted by molar-refractivity contribution is 0.393. The highest BCUT2D eigenvalue weighted by molar-refractivity contribution is 5.47. The maximum absolute atomic E-state index is 5.99. The Balaban J connectivity index is 3.09. The van der Waals surface area contributed by atoms with Gasteiger partial charge in [-0.05, 0) is 42.5 Å². The van der Waals surface area contributed by atoms with E-state index < -0.39 is 0 Å². The van der Waals surface area contributed by atoms with Crippen LogP contribution in [-0.2, 0) is 12.8 Å². The molecule has 3 nitrogen and oxygen atoms in total. The highest BCUT2D eigenvalue weighted by Crippen LogP contribution is 2.30. The monoisotopic (exact) mass is 237 g/mol. The summed E-state index contributed by atoms with van der Waals surface area (Å²) < 4.78 is 10.8. The van der Waals surface area contributed by atoms with Crippen LogP contribution in [0.25, 0.3) is 0 Å². The fourth-order valence-corrected chi connectivity index (χ4v) is 1.89. The second kappa shape index (κ2) is 6.50. The van der Waals surface area contributed by atoms with Gasteiger partial charge in [0.15, 0.2) is 0 Å². The zero-order valence-corrected chi connectivity index (χ0v) is 11.2. The van der Waals surface area contributed by atoms with Crippen LogP contribution in [0.5, 0.6) is 11.5 Å². The Morgan fingerprint density at radius 3 is 2.06 bits per heavy atom. The smallest absolute Gasteiger partial charge is 0.122 e. The predicted octanol–water partition coefficient (Wildman–Crippen LogP) is 2.55. The Morgan fingerprint density at radius 1 is 1.06 bits per heavy atom. The third kappa shape index (κ3) is 3.37. The molecular weight excluding hydrogens is 214 g/mol. The van der Waals surface area contributed by atoms with Crippen molar-refractivity contribution in [3.05, 3.63) is 23.3 Å². The van der Waals surface area contributed by atoms with Crippen molar-refractivity contribution in [3.8, 4) is 11.5 Å². The lowest BCUT2D eigenvalue weighted by Crippen LogP contribution is -2.21. The number of ether oxygens (including phenoxy) is 2. The number of methoxy groups -OCH3 is 2. The number of rotatable bonds is 6. The third-order valence-corrected chi connectivity index (χ3v) is 3.07. The molecule has 0 radical (unpaired) electrons. The molecule has 0 heterocycles. The zero-order chi connectivity index (χ0) is 12.8. The van der Waals surface area contributed by atoms with Crippen LogP contribution in [0.15, 0.2) is 12.1 Å². The summed E-state index contributed by atoms with van der Waals surface area (Å²) in [6, 6.07) is 4.27. The minimum atomic E-state index is 0.168. The predicted molar refractivity (Wildman–Crippen MR) is 70.9 cm³/mol. The second-order valence-electron chi connectivity index (χ2n) is 4.20. The molecule has 1 aromatic carbocycles. The molecule has 0 aliphatic carbocycles. The van der Waals surface area contributed by atoms with Crippen LogP contribution in [-0.4, -0.2) is 20.3 Å². The minimum Gasteiger partial charge on any atom is -0.496 e. The number of hydrogen-bond donors (Lipinski definition) is 1. The normalized spacial score (nSPS) is 12.3. The van der Waals surface area contributed by atoms with Gasteiger partial charge in [-0.15, -0.1) is 0 Å². The maximum atomic E-state index is 5.99. The van der Waals surface area contributed by atoms with Crippen molar-refractivity contribution in [2.24, 2.45) is 5.73 Å². The molecule has 0 saturated heterocycles. The lowest BCUT2D eigenvalue weighted by Gasteiger charge is -2.16. The summed E-state index contributed by atoms with van der Waals surface area (Å²) in [6.07, 6.45) is 2.71. The zero-order valence-electron chi connectivity index (χ0n) is 11.2. The Hall–Kier alpha value is -1.22. The van der Waals surface area contributed by atoms with Gasteiger partial charge in [0, 0.05) is 6.04 Å². The number of nitrogens with two attached hydrogens (primary N) is 1. The van der Waals surface area contributed by atoms with Crippen LogP contribution < -0.4 is 15.2 Å². The van der Waals surface area contributed by atoms with Crippen molar-refractivity contribution in [1.82, 2.24) is 0 Å². The molecule has 1 atom stereocenters. The van der Waals surface area contributed by atoms with Gasteiger partial charge < -0.3 is 15.2 Å². The molecule has 0 bridgehead atoms. The molecular formula is C14H23NO2. The molecule has 0 aromatic heterocycles. The number of aryl methyl sites for hydroxylation is 1. The van der Waals surface area contributed by atoms with Crippen molar-refractivity contribution in [2.75, 3.05) is 14.2 Å². The Morgan fingerprint density at radius 2 is 1.59 bits per heavy atom. The van der Waals surface area contributed by atoms with Gasteiger partial charge >= 0.3 is 0 Å². The van der Waals surface area contributed by atoms with Gasteiger partial charge in [0.2, 0.25) is 0 Å². The Bertz CT molecular complexity index is 363. The van der Waals surface area contributed by atoms with Crippen LogP contribution in [0.2, 0.25) is 0 Å². The topological polar surface area (TPSA) is 44.5 Å². The molecule has 0 spiro atoms. The van der Waals surface area contributed by atoms with Gasteiger partial charge in [-0.3, -0.25) is 0 Å². The van der Waals surface area contributed by atoms with E-state index in [-0.39, 0.29) is 6.04 Å². The van der Waals surface area contributed by atoms with Crippen molar-refractivity contribution >= 4 is 0 Å². The van der Waals surface area contributed by atoms with E-state index in [1.54, 1.807) is 14.2 Å². The van der Waals surface area contributed by atoms with Crippen molar-refractivity contribution in [1.29, 1.82) is 0 Å². The standard InChI is InChI=1S/C14H23NO2/c1-5-10-8-14(17-4)11(7-12(15)6-2)9-13(10)16-3/h8-9,12H,5-7,15H2,1-4H3/t12-/m0/s1. The van der Waals surface area contributed by atoms with Crippen LogP contribution in [0.3, 0.4) is 0 Å². The third-order valence-electron chi connectivity index (χ3n) is 3.07. The molecule has 1 aromatic rings. The summed E-state index contributed by atoms with van der Waals surface area (Å²) in [6.45, 7) is 4.20. The number of benzene rings is 1. The molecule has 96 valence electrons. The van der Waals surface area contributed by atoms with Gasteiger partial charge in [0.1, 0.15) is 11.5 Å². The van der Waals surface area contributed by atoms with E-state index in [2.05, 4.69) is 19.9 Å². The van der Waals surface area contributed by atoms with Crippen molar-refractivity contribution in [3.63, 3.8) is 0 Å². The summed E-state index contributed by atoms with van der Waals surface area (Å²) >= 11 is 0. The Labute approximate surface area is 104 Å². The lowest BCUT2D eigenvalue weighted by atomic mass is 10.00. The highest BCUT2D eigenvalue weighted by Gasteiger charge is 2.12. The number of hydrogen-bond acceptors (Lipinski definition) is 3. The van der Waals surface area contributed by atoms with Crippen LogP contribution in [0, 0.1) is 0 Å². The average molecular weight is 237 g/mol. The second-order valence-corrected chi connectivity index (χ2v) is 4.20. The first kappa shape index (κ1) is 13.8. The fourth-order valence-electron chi connectivity index (χ4n) is 1.89. The summed E-state index contributed by atoms with van der Waals surface area (Å²) in [7, 11) is 3.40. The largest absolute Gasteiger partial charge is 0.496 e. The van der Waals surface area contributed by atoms with E-state index in [1.165, 1.54) is 0 Å². The van der Waals surface area contributed by atoms with E-state index in [0.29, 0.717) is 0 Å². The summed E-state index contributed by atoms with van der Waals surface area (Å²) in [4.78, 5) is 0. The first-order chi connectivity index (χ1) is 8.15. The first-order valence-corrected chi connectivity index (χ1v) is 6.15. The summed E-state index contributed by atoms with van der Waals surface area (Å²) in [5, 5.41) is 0. The Kier molecular flexibility index (Phi) is 5.29. The van der Waals surface area contributed by atoms with E-state index in [4.69, 9.17) is 15.2 Å².